The van der Waals surface area contributed by atoms with E-state index in [1.165, 1.54) is 0 Å². The van der Waals surface area contributed by atoms with Gasteiger partial charge in [-0.05, 0) is 36.8 Å². The molecule has 0 radical (unpaired) electrons. The maximum absolute atomic E-state index is 13.0. The number of carbonyl (C=O) groups is 1. The summed E-state index contributed by atoms with van der Waals surface area (Å²) in [7, 11) is 1.58. The molecule has 0 saturated carbocycles. The van der Waals surface area contributed by atoms with Crippen molar-refractivity contribution in [3.63, 3.8) is 0 Å². The van der Waals surface area contributed by atoms with Crippen LogP contribution >= 0.6 is 11.8 Å². The predicted molar refractivity (Wildman–Crippen MR) is 114 cm³/mol. The molecule has 2 aromatic heterocycles. The summed E-state index contributed by atoms with van der Waals surface area (Å²) < 4.78 is 13.0. The Morgan fingerprint density at radius 2 is 2.07 bits per heavy atom. The first kappa shape index (κ1) is 17.9. The van der Waals surface area contributed by atoms with Gasteiger partial charge in [-0.2, -0.15) is 16.9 Å². The standard InChI is InChI=1S/C22H19N3O3S/c1-13-5-3-7-15(9-13)25-21(16-11-29-12-17(16)24-25)23-22(26)19-10-14-6-4-8-18(27-2)20(14)28-19/h3-10H,11-12H2,1-2H3,(H,23,26). The van der Waals surface area contributed by atoms with Crippen molar-refractivity contribution in [2.24, 2.45) is 0 Å². The topological polar surface area (TPSA) is 69.3 Å². The molecule has 7 heteroatoms. The van der Waals surface area contributed by atoms with Gasteiger partial charge in [-0.3, -0.25) is 4.79 Å². The minimum atomic E-state index is -0.309. The van der Waals surface area contributed by atoms with E-state index in [9.17, 15) is 4.79 Å². The molecule has 4 aromatic rings. The molecule has 1 amide bonds. The number of anilines is 1. The van der Waals surface area contributed by atoms with E-state index in [0.29, 0.717) is 17.2 Å². The first-order valence-electron chi connectivity index (χ1n) is 9.27. The molecule has 2 aromatic carbocycles. The van der Waals surface area contributed by atoms with Crippen LogP contribution in [0.2, 0.25) is 0 Å². The summed E-state index contributed by atoms with van der Waals surface area (Å²) in [6.07, 6.45) is 0. The van der Waals surface area contributed by atoms with Crippen molar-refractivity contribution in [2.45, 2.75) is 18.4 Å². The van der Waals surface area contributed by atoms with Crippen LogP contribution in [-0.2, 0) is 11.5 Å². The fourth-order valence-electron chi connectivity index (χ4n) is 3.57. The number of thioether (sulfide) groups is 1. The molecule has 0 aliphatic carbocycles. The Morgan fingerprint density at radius 3 is 2.90 bits per heavy atom. The van der Waals surface area contributed by atoms with Gasteiger partial charge >= 0.3 is 0 Å². The molecule has 0 spiro atoms. The van der Waals surface area contributed by atoms with E-state index in [0.717, 1.165) is 39.4 Å². The first-order chi connectivity index (χ1) is 14.1. The fraction of sp³-hybridized carbons (Fsp3) is 0.182. The lowest BCUT2D eigenvalue weighted by Crippen LogP contribution is -2.15. The molecule has 0 bridgehead atoms. The highest BCUT2D eigenvalue weighted by Crippen LogP contribution is 2.36. The number of aryl methyl sites for hydroxylation is 1. The number of ether oxygens (including phenoxy) is 1. The van der Waals surface area contributed by atoms with E-state index in [1.54, 1.807) is 24.9 Å². The number of furan rings is 1. The van der Waals surface area contributed by atoms with Crippen LogP contribution in [0, 0.1) is 6.92 Å². The van der Waals surface area contributed by atoms with Crippen LogP contribution in [-0.4, -0.2) is 22.8 Å². The van der Waals surface area contributed by atoms with Crippen molar-refractivity contribution in [3.05, 3.63) is 71.1 Å². The van der Waals surface area contributed by atoms with Crippen molar-refractivity contribution in [2.75, 3.05) is 12.4 Å². The number of benzene rings is 2. The highest BCUT2D eigenvalue weighted by atomic mass is 32.2. The fourth-order valence-corrected chi connectivity index (χ4v) is 4.60. The van der Waals surface area contributed by atoms with Gasteiger partial charge in [0.15, 0.2) is 17.1 Å². The van der Waals surface area contributed by atoms with Gasteiger partial charge in [0.1, 0.15) is 5.82 Å². The van der Waals surface area contributed by atoms with Gasteiger partial charge in [0.2, 0.25) is 0 Å². The Kier molecular flexibility index (Phi) is 4.32. The zero-order valence-corrected chi connectivity index (χ0v) is 16.9. The number of rotatable bonds is 4. The van der Waals surface area contributed by atoms with Gasteiger partial charge < -0.3 is 14.5 Å². The third kappa shape index (κ3) is 3.07. The molecular weight excluding hydrogens is 386 g/mol. The van der Waals surface area contributed by atoms with Crippen LogP contribution in [0.1, 0.15) is 27.4 Å². The lowest BCUT2D eigenvalue weighted by atomic mass is 10.2. The van der Waals surface area contributed by atoms with Gasteiger partial charge in [0.05, 0.1) is 18.5 Å². The molecule has 6 nitrogen and oxygen atoms in total. The van der Waals surface area contributed by atoms with Gasteiger partial charge in [0.25, 0.3) is 5.91 Å². The number of nitrogens with one attached hydrogen (secondary N) is 1. The second-order valence-corrected chi connectivity index (χ2v) is 7.95. The number of carbonyl (C=O) groups excluding carboxylic acids is 1. The smallest absolute Gasteiger partial charge is 0.292 e. The number of hydrogen-bond donors (Lipinski definition) is 1. The lowest BCUT2D eigenvalue weighted by Gasteiger charge is -2.10. The largest absolute Gasteiger partial charge is 0.493 e. The molecule has 146 valence electrons. The summed E-state index contributed by atoms with van der Waals surface area (Å²) in [6.45, 7) is 2.04. The zero-order valence-electron chi connectivity index (χ0n) is 16.1. The molecule has 3 heterocycles. The molecule has 0 atom stereocenters. The maximum atomic E-state index is 13.0. The van der Waals surface area contributed by atoms with E-state index < -0.39 is 0 Å². The Balaban J connectivity index is 1.54. The van der Waals surface area contributed by atoms with Crippen LogP contribution < -0.4 is 10.1 Å². The number of hydrogen-bond acceptors (Lipinski definition) is 5. The normalized spacial score (nSPS) is 12.9. The second-order valence-electron chi connectivity index (χ2n) is 6.96. The van der Waals surface area contributed by atoms with Gasteiger partial charge in [-0.25, -0.2) is 4.68 Å². The monoisotopic (exact) mass is 405 g/mol. The van der Waals surface area contributed by atoms with Gasteiger partial charge in [-0.1, -0.05) is 24.3 Å². The summed E-state index contributed by atoms with van der Waals surface area (Å²) in [5.41, 5.74) is 4.70. The third-order valence-electron chi connectivity index (χ3n) is 4.98. The predicted octanol–water partition coefficient (Wildman–Crippen LogP) is 4.93. The van der Waals surface area contributed by atoms with E-state index in [1.807, 2.05) is 48.0 Å². The highest BCUT2D eigenvalue weighted by Gasteiger charge is 2.26. The van der Waals surface area contributed by atoms with E-state index >= 15 is 0 Å². The molecule has 5 rings (SSSR count). The molecule has 0 unspecified atom stereocenters. The molecule has 0 fully saturated rings. The number of fused-ring (bicyclic) bond motifs is 2. The Labute approximate surface area is 171 Å². The van der Waals surface area contributed by atoms with Crippen molar-refractivity contribution in [1.29, 1.82) is 0 Å². The Hall–Kier alpha value is -3.19. The number of nitrogens with zero attached hydrogens (tertiary/aromatic N) is 2. The van der Waals surface area contributed by atoms with Crippen LogP contribution in [0.25, 0.3) is 16.7 Å². The number of amides is 1. The van der Waals surface area contributed by atoms with Crippen molar-refractivity contribution in [1.82, 2.24) is 9.78 Å². The van der Waals surface area contributed by atoms with E-state index in [-0.39, 0.29) is 11.7 Å². The summed E-state index contributed by atoms with van der Waals surface area (Å²) in [5.74, 6) is 2.90. The van der Waals surface area contributed by atoms with Crippen LogP contribution in [0.15, 0.2) is 52.9 Å². The average molecular weight is 405 g/mol. The summed E-state index contributed by atoms with van der Waals surface area (Å²) in [6, 6.07) is 15.4. The quantitative estimate of drug-likeness (QED) is 0.521. The molecule has 1 aliphatic rings. The van der Waals surface area contributed by atoms with E-state index in [4.69, 9.17) is 14.3 Å². The summed E-state index contributed by atoms with van der Waals surface area (Å²) in [4.78, 5) is 13.0. The molecule has 1 N–H and O–H groups in total. The summed E-state index contributed by atoms with van der Waals surface area (Å²) in [5, 5.41) is 8.61. The third-order valence-corrected chi connectivity index (χ3v) is 5.95. The minimum Gasteiger partial charge on any atom is -0.493 e. The Bertz CT molecular complexity index is 1240. The van der Waals surface area contributed by atoms with Crippen molar-refractivity contribution < 1.29 is 13.9 Å². The van der Waals surface area contributed by atoms with Crippen LogP contribution in [0.3, 0.4) is 0 Å². The number of para-hydroxylation sites is 1. The first-order valence-corrected chi connectivity index (χ1v) is 10.4. The van der Waals surface area contributed by atoms with Gasteiger partial charge in [0, 0.05) is 22.5 Å². The van der Waals surface area contributed by atoms with Crippen molar-refractivity contribution >= 4 is 34.5 Å². The highest BCUT2D eigenvalue weighted by molar-refractivity contribution is 7.98. The SMILES string of the molecule is COc1cccc2cc(C(=O)Nc3c4c(nn3-c3cccc(C)c3)CSC4)oc12. The van der Waals surface area contributed by atoms with E-state index in [2.05, 4.69) is 11.4 Å². The zero-order chi connectivity index (χ0) is 20.0. The van der Waals surface area contributed by atoms with Crippen LogP contribution in [0.5, 0.6) is 5.75 Å². The lowest BCUT2D eigenvalue weighted by molar-refractivity contribution is 0.0997. The molecule has 29 heavy (non-hydrogen) atoms. The molecular formula is C22H19N3O3S. The Morgan fingerprint density at radius 1 is 1.21 bits per heavy atom. The number of methoxy groups -OCH3 is 1. The van der Waals surface area contributed by atoms with Crippen molar-refractivity contribution in [3.8, 4) is 11.4 Å². The van der Waals surface area contributed by atoms with Gasteiger partial charge in [-0.15, -0.1) is 0 Å². The molecule has 1 aliphatic heterocycles. The number of aromatic nitrogens is 2. The maximum Gasteiger partial charge on any atom is 0.292 e. The van der Waals surface area contributed by atoms with Crippen LogP contribution in [0.4, 0.5) is 5.82 Å². The minimum absolute atomic E-state index is 0.237. The average Bonchev–Trinajstić information content (AvgIpc) is 3.43. The summed E-state index contributed by atoms with van der Waals surface area (Å²) >= 11 is 1.80. The molecule has 0 saturated heterocycles. The second kappa shape index (κ2) is 7.00.